The topological polar surface area (TPSA) is 59.2 Å². The van der Waals surface area contributed by atoms with Crippen LogP contribution in [0.5, 0.6) is 0 Å². The van der Waals surface area contributed by atoms with Crippen molar-refractivity contribution in [2.75, 3.05) is 13.1 Å². The summed E-state index contributed by atoms with van der Waals surface area (Å²) in [5, 5.41) is 2.81. The first-order valence-corrected chi connectivity index (χ1v) is 8.36. The van der Waals surface area contributed by atoms with Gasteiger partial charge >= 0.3 is 0 Å². The SMILES string of the molecule is CCC(CC)N(CC(C)C)C(=O)c1csc(CCN)n1. The molecule has 1 heterocycles. The molecule has 1 rings (SSSR count). The van der Waals surface area contributed by atoms with E-state index in [9.17, 15) is 4.79 Å². The number of nitrogens with two attached hydrogens (primary N) is 1. The summed E-state index contributed by atoms with van der Waals surface area (Å²) in [5.41, 5.74) is 6.11. The van der Waals surface area contributed by atoms with Crippen LogP contribution in [-0.2, 0) is 6.42 Å². The average molecular weight is 297 g/mol. The Kier molecular flexibility index (Phi) is 7.16. The summed E-state index contributed by atoms with van der Waals surface area (Å²) in [6, 6.07) is 0.296. The van der Waals surface area contributed by atoms with Gasteiger partial charge in [0.2, 0.25) is 0 Å². The lowest BCUT2D eigenvalue weighted by molar-refractivity contribution is 0.0635. The Morgan fingerprint density at radius 1 is 1.40 bits per heavy atom. The Bertz CT molecular complexity index is 413. The zero-order valence-electron chi connectivity index (χ0n) is 13.1. The standard InChI is InChI=1S/C15H27N3OS/c1-5-12(6-2)18(9-11(3)4)15(19)13-10-20-14(17-13)7-8-16/h10-12H,5-9,16H2,1-4H3. The predicted octanol–water partition coefficient (Wildman–Crippen LogP) is 2.93. The fraction of sp³-hybridized carbons (Fsp3) is 0.733. The minimum absolute atomic E-state index is 0.0620. The van der Waals surface area contributed by atoms with Crippen LogP contribution >= 0.6 is 11.3 Å². The molecular formula is C15H27N3OS. The van der Waals surface area contributed by atoms with Crippen molar-refractivity contribution in [3.63, 3.8) is 0 Å². The van der Waals surface area contributed by atoms with E-state index in [1.54, 1.807) is 0 Å². The largest absolute Gasteiger partial charge is 0.334 e. The van der Waals surface area contributed by atoms with E-state index in [-0.39, 0.29) is 5.91 Å². The van der Waals surface area contributed by atoms with Gasteiger partial charge in [-0.2, -0.15) is 0 Å². The number of hydrogen-bond acceptors (Lipinski definition) is 4. The molecule has 0 saturated heterocycles. The Balaban J connectivity index is 2.90. The maximum atomic E-state index is 12.7. The zero-order chi connectivity index (χ0) is 15.1. The highest BCUT2D eigenvalue weighted by atomic mass is 32.1. The number of nitrogens with zero attached hydrogens (tertiary/aromatic N) is 2. The number of rotatable bonds is 8. The summed E-state index contributed by atoms with van der Waals surface area (Å²) in [5.74, 6) is 0.522. The second kappa shape index (κ2) is 8.37. The van der Waals surface area contributed by atoms with Crippen LogP contribution in [0, 0.1) is 5.92 Å². The minimum Gasteiger partial charge on any atom is -0.334 e. The highest BCUT2D eigenvalue weighted by Gasteiger charge is 2.24. The quantitative estimate of drug-likeness (QED) is 0.802. The summed E-state index contributed by atoms with van der Waals surface area (Å²) >= 11 is 1.53. The molecule has 0 fully saturated rings. The van der Waals surface area contributed by atoms with E-state index in [0.717, 1.165) is 30.8 Å². The third-order valence-corrected chi connectivity index (χ3v) is 4.24. The van der Waals surface area contributed by atoms with Gasteiger partial charge in [0.25, 0.3) is 5.91 Å². The number of thiazole rings is 1. The van der Waals surface area contributed by atoms with Gasteiger partial charge in [-0.25, -0.2) is 4.98 Å². The Morgan fingerprint density at radius 2 is 2.05 bits per heavy atom. The molecule has 1 amide bonds. The number of carbonyl (C=O) groups excluding carboxylic acids is 1. The molecule has 0 atom stereocenters. The van der Waals surface area contributed by atoms with Gasteiger partial charge in [-0.1, -0.05) is 27.7 Å². The predicted molar refractivity (Wildman–Crippen MR) is 85.1 cm³/mol. The van der Waals surface area contributed by atoms with Crippen molar-refractivity contribution in [2.45, 2.75) is 53.0 Å². The van der Waals surface area contributed by atoms with Crippen LogP contribution in [0.2, 0.25) is 0 Å². The van der Waals surface area contributed by atoms with Gasteiger partial charge in [0.1, 0.15) is 5.69 Å². The highest BCUT2D eigenvalue weighted by molar-refractivity contribution is 7.09. The van der Waals surface area contributed by atoms with Crippen molar-refractivity contribution in [3.05, 3.63) is 16.1 Å². The fourth-order valence-corrected chi connectivity index (χ4v) is 3.10. The summed E-state index contributed by atoms with van der Waals surface area (Å²) in [6.45, 7) is 9.91. The zero-order valence-corrected chi connectivity index (χ0v) is 13.9. The van der Waals surface area contributed by atoms with E-state index in [2.05, 4.69) is 32.7 Å². The monoisotopic (exact) mass is 297 g/mol. The van der Waals surface area contributed by atoms with Crippen LogP contribution in [0.4, 0.5) is 0 Å². The Hall–Kier alpha value is -0.940. The molecule has 5 heteroatoms. The fourth-order valence-electron chi connectivity index (χ4n) is 2.32. The van der Waals surface area contributed by atoms with Crippen molar-refractivity contribution < 1.29 is 4.79 Å². The third kappa shape index (κ3) is 4.56. The smallest absolute Gasteiger partial charge is 0.273 e. The summed E-state index contributed by atoms with van der Waals surface area (Å²) in [4.78, 5) is 19.1. The van der Waals surface area contributed by atoms with Crippen molar-refractivity contribution in [1.29, 1.82) is 0 Å². The molecule has 0 unspecified atom stereocenters. The molecule has 0 aliphatic rings. The molecule has 0 aliphatic carbocycles. The number of amides is 1. The van der Waals surface area contributed by atoms with E-state index in [1.807, 2.05) is 10.3 Å². The van der Waals surface area contributed by atoms with E-state index < -0.39 is 0 Å². The van der Waals surface area contributed by atoms with Gasteiger partial charge in [0.15, 0.2) is 0 Å². The first-order chi connectivity index (χ1) is 9.53. The second-order valence-electron chi connectivity index (χ2n) is 5.49. The average Bonchev–Trinajstić information content (AvgIpc) is 2.87. The molecule has 0 radical (unpaired) electrons. The van der Waals surface area contributed by atoms with Crippen LogP contribution in [0.1, 0.15) is 56.0 Å². The normalized spacial score (nSPS) is 11.3. The lowest BCUT2D eigenvalue weighted by Crippen LogP contribution is -2.42. The Labute approximate surface area is 126 Å². The van der Waals surface area contributed by atoms with Gasteiger partial charge in [0.05, 0.1) is 5.01 Å². The van der Waals surface area contributed by atoms with Crippen LogP contribution in [0.15, 0.2) is 5.38 Å². The van der Waals surface area contributed by atoms with Crippen molar-refractivity contribution in [2.24, 2.45) is 11.7 Å². The van der Waals surface area contributed by atoms with Crippen LogP contribution in [-0.4, -0.2) is 34.9 Å². The van der Waals surface area contributed by atoms with E-state index in [0.29, 0.717) is 24.2 Å². The molecular weight excluding hydrogens is 270 g/mol. The molecule has 4 nitrogen and oxygen atoms in total. The van der Waals surface area contributed by atoms with Crippen molar-refractivity contribution in [3.8, 4) is 0 Å². The van der Waals surface area contributed by atoms with Crippen LogP contribution in [0.3, 0.4) is 0 Å². The van der Waals surface area contributed by atoms with Crippen molar-refractivity contribution >= 4 is 17.2 Å². The highest BCUT2D eigenvalue weighted by Crippen LogP contribution is 2.18. The van der Waals surface area contributed by atoms with E-state index in [4.69, 9.17) is 5.73 Å². The lowest BCUT2D eigenvalue weighted by atomic mass is 10.1. The molecule has 114 valence electrons. The molecule has 0 aliphatic heterocycles. The van der Waals surface area contributed by atoms with Gasteiger partial charge in [-0.3, -0.25) is 4.79 Å². The summed E-state index contributed by atoms with van der Waals surface area (Å²) in [6.07, 6.45) is 2.70. The van der Waals surface area contributed by atoms with Gasteiger partial charge < -0.3 is 10.6 Å². The maximum Gasteiger partial charge on any atom is 0.273 e. The molecule has 1 aromatic rings. The first-order valence-electron chi connectivity index (χ1n) is 7.48. The molecule has 2 N–H and O–H groups in total. The van der Waals surface area contributed by atoms with Crippen LogP contribution < -0.4 is 5.73 Å². The molecule has 0 saturated carbocycles. The first kappa shape index (κ1) is 17.1. The van der Waals surface area contributed by atoms with Gasteiger partial charge in [-0.15, -0.1) is 11.3 Å². The third-order valence-electron chi connectivity index (χ3n) is 3.34. The second-order valence-corrected chi connectivity index (χ2v) is 6.43. The lowest BCUT2D eigenvalue weighted by Gasteiger charge is -2.31. The molecule has 1 aromatic heterocycles. The molecule has 0 aromatic carbocycles. The summed E-state index contributed by atoms with van der Waals surface area (Å²) in [7, 11) is 0. The van der Waals surface area contributed by atoms with E-state index >= 15 is 0 Å². The van der Waals surface area contributed by atoms with Gasteiger partial charge in [0, 0.05) is 24.4 Å². The minimum atomic E-state index is 0.0620. The van der Waals surface area contributed by atoms with Gasteiger partial charge in [-0.05, 0) is 25.3 Å². The number of hydrogen-bond donors (Lipinski definition) is 1. The number of carbonyl (C=O) groups is 1. The van der Waals surface area contributed by atoms with Crippen LogP contribution in [0.25, 0.3) is 0 Å². The number of aromatic nitrogens is 1. The molecule has 0 bridgehead atoms. The van der Waals surface area contributed by atoms with E-state index in [1.165, 1.54) is 11.3 Å². The molecule has 20 heavy (non-hydrogen) atoms. The maximum absolute atomic E-state index is 12.7. The molecule has 0 spiro atoms. The summed E-state index contributed by atoms with van der Waals surface area (Å²) < 4.78 is 0. The Morgan fingerprint density at radius 3 is 2.55 bits per heavy atom. The van der Waals surface area contributed by atoms with Crippen molar-refractivity contribution in [1.82, 2.24) is 9.88 Å².